The number of carbonyl (C=O) groups excluding carboxylic acids is 1. The Balaban J connectivity index is 3.08. The maximum atomic E-state index is 13.8. The predicted octanol–water partition coefficient (Wildman–Crippen LogP) is 4.05. The van der Waals surface area contributed by atoms with Crippen LogP contribution in [0.25, 0.3) is 0 Å². The second-order valence-electron chi connectivity index (χ2n) is 5.17. The van der Waals surface area contributed by atoms with Gasteiger partial charge in [0, 0.05) is 25.2 Å². The predicted molar refractivity (Wildman–Crippen MR) is 81.6 cm³/mol. The fourth-order valence-electron chi connectivity index (χ4n) is 2.17. The summed E-state index contributed by atoms with van der Waals surface area (Å²) >= 11 is 0. The number of hydrogen-bond donors (Lipinski definition) is 1. The number of nitrogens with zero attached hydrogens (tertiary/aromatic N) is 1. The van der Waals surface area contributed by atoms with Crippen LogP contribution in [0.1, 0.15) is 50.4 Å². The van der Waals surface area contributed by atoms with Crippen molar-refractivity contribution in [2.75, 3.05) is 18.9 Å². The zero-order chi connectivity index (χ0) is 16.0. The van der Waals surface area contributed by atoms with Gasteiger partial charge in [0.2, 0.25) is 0 Å². The summed E-state index contributed by atoms with van der Waals surface area (Å²) in [6, 6.07) is 2.23. The number of carbonyl (C=O) groups is 1. The van der Waals surface area contributed by atoms with Crippen molar-refractivity contribution in [1.82, 2.24) is 4.90 Å². The van der Waals surface area contributed by atoms with Crippen molar-refractivity contribution >= 4 is 11.6 Å². The maximum Gasteiger partial charge on any atom is 0.254 e. The van der Waals surface area contributed by atoms with Crippen LogP contribution in [0.5, 0.6) is 0 Å². The highest BCUT2D eigenvalue weighted by atomic mass is 19.1. The normalized spacial score (nSPS) is 12.1. The maximum absolute atomic E-state index is 13.8. The molecule has 1 atom stereocenters. The van der Waals surface area contributed by atoms with Crippen molar-refractivity contribution in [2.24, 2.45) is 0 Å². The highest BCUT2D eigenvalue weighted by Crippen LogP contribution is 2.22. The Kier molecular flexibility index (Phi) is 6.59. The molecule has 0 fully saturated rings. The van der Waals surface area contributed by atoms with E-state index < -0.39 is 11.6 Å². The first-order valence-corrected chi connectivity index (χ1v) is 7.43. The summed E-state index contributed by atoms with van der Waals surface area (Å²) < 4.78 is 27.6. The molecule has 3 nitrogen and oxygen atoms in total. The molecule has 0 radical (unpaired) electrons. The van der Waals surface area contributed by atoms with E-state index in [0.29, 0.717) is 6.54 Å². The van der Waals surface area contributed by atoms with Crippen LogP contribution in [0.3, 0.4) is 0 Å². The smallest absolute Gasteiger partial charge is 0.254 e. The van der Waals surface area contributed by atoms with Crippen LogP contribution in [0.4, 0.5) is 14.5 Å². The van der Waals surface area contributed by atoms with Crippen molar-refractivity contribution in [1.29, 1.82) is 0 Å². The molecule has 1 N–H and O–H groups in total. The Morgan fingerprint density at radius 1 is 1.29 bits per heavy atom. The van der Waals surface area contributed by atoms with Gasteiger partial charge in [0.1, 0.15) is 17.3 Å². The molecular formula is C16H24F2N2O. The molecule has 21 heavy (non-hydrogen) atoms. The van der Waals surface area contributed by atoms with Crippen molar-refractivity contribution in [3.05, 3.63) is 29.3 Å². The van der Waals surface area contributed by atoms with Crippen LogP contribution in [-0.2, 0) is 0 Å². The molecule has 1 aromatic carbocycles. The molecule has 1 rings (SSSR count). The number of hydrogen-bond acceptors (Lipinski definition) is 2. The van der Waals surface area contributed by atoms with E-state index in [1.807, 2.05) is 20.8 Å². The topological polar surface area (TPSA) is 32.3 Å². The fourth-order valence-corrected chi connectivity index (χ4v) is 2.17. The van der Waals surface area contributed by atoms with Crippen molar-refractivity contribution < 1.29 is 13.6 Å². The van der Waals surface area contributed by atoms with Crippen LogP contribution < -0.4 is 5.32 Å². The third-order valence-corrected chi connectivity index (χ3v) is 3.68. The Labute approximate surface area is 125 Å². The molecule has 0 aliphatic heterocycles. The molecule has 118 valence electrons. The largest absolute Gasteiger partial charge is 0.383 e. The highest BCUT2D eigenvalue weighted by molar-refractivity contribution is 5.95. The lowest BCUT2D eigenvalue weighted by molar-refractivity contribution is 0.0684. The van der Waals surface area contributed by atoms with Gasteiger partial charge in [-0.3, -0.25) is 4.79 Å². The van der Waals surface area contributed by atoms with Crippen molar-refractivity contribution in [3.8, 4) is 0 Å². The lowest BCUT2D eigenvalue weighted by Gasteiger charge is -2.29. The first-order chi connectivity index (χ1) is 9.96. The van der Waals surface area contributed by atoms with Crippen LogP contribution in [0.2, 0.25) is 0 Å². The molecule has 1 unspecified atom stereocenters. The standard InChI is InChI=1S/C16H24F2N2O/c1-5-7-8-20(11(3)6-2)16(21)12-9-13(17)15(19-4)14(18)10-12/h9-11,19H,5-8H2,1-4H3. The van der Waals surface area contributed by atoms with Gasteiger partial charge in [-0.2, -0.15) is 0 Å². The van der Waals surface area contributed by atoms with Gasteiger partial charge in [-0.25, -0.2) is 8.78 Å². The second-order valence-corrected chi connectivity index (χ2v) is 5.17. The van der Waals surface area contributed by atoms with E-state index >= 15 is 0 Å². The Bertz CT molecular complexity index is 468. The number of nitrogens with one attached hydrogen (secondary N) is 1. The SMILES string of the molecule is CCCCN(C(=O)c1cc(F)c(NC)c(F)c1)C(C)CC. The summed E-state index contributed by atoms with van der Waals surface area (Å²) in [7, 11) is 1.44. The minimum absolute atomic E-state index is 0.0409. The van der Waals surface area contributed by atoms with E-state index in [4.69, 9.17) is 0 Å². The molecule has 0 saturated heterocycles. The van der Waals surface area contributed by atoms with Gasteiger partial charge in [-0.15, -0.1) is 0 Å². The monoisotopic (exact) mass is 298 g/mol. The van der Waals surface area contributed by atoms with Crippen LogP contribution in [-0.4, -0.2) is 30.4 Å². The van der Waals surface area contributed by atoms with Gasteiger partial charge in [0.05, 0.1) is 0 Å². The van der Waals surface area contributed by atoms with Gasteiger partial charge in [-0.1, -0.05) is 20.3 Å². The van der Waals surface area contributed by atoms with Crippen molar-refractivity contribution in [3.63, 3.8) is 0 Å². The summed E-state index contributed by atoms with van der Waals surface area (Å²) in [6.07, 6.45) is 2.63. The molecule has 5 heteroatoms. The van der Waals surface area contributed by atoms with E-state index in [1.165, 1.54) is 7.05 Å². The van der Waals surface area contributed by atoms with Gasteiger partial charge in [0.15, 0.2) is 0 Å². The molecule has 0 aromatic heterocycles. The summed E-state index contributed by atoms with van der Waals surface area (Å²) in [5, 5.41) is 2.45. The van der Waals surface area contributed by atoms with E-state index in [9.17, 15) is 13.6 Å². The van der Waals surface area contributed by atoms with E-state index in [0.717, 1.165) is 31.4 Å². The van der Waals surface area contributed by atoms with Gasteiger partial charge in [0.25, 0.3) is 5.91 Å². The zero-order valence-electron chi connectivity index (χ0n) is 13.2. The number of anilines is 1. The van der Waals surface area contributed by atoms with E-state index in [1.54, 1.807) is 4.90 Å². The quantitative estimate of drug-likeness (QED) is 0.823. The van der Waals surface area contributed by atoms with Gasteiger partial charge >= 0.3 is 0 Å². The lowest BCUT2D eigenvalue weighted by Crippen LogP contribution is -2.39. The molecule has 1 amide bonds. The average molecular weight is 298 g/mol. The van der Waals surface area contributed by atoms with Crippen LogP contribution in [0.15, 0.2) is 12.1 Å². The van der Waals surface area contributed by atoms with Crippen LogP contribution in [0, 0.1) is 11.6 Å². The van der Waals surface area contributed by atoms with Gasteiger partial charge in [-0.05, 0) is 31.9 Å². The van der Waals surface area contributed by atoms with Crippen LogP contribution >= 0.6 is 0 Å². The summed E-state index contributed by atoms with van der Waals surface area (Å²) in [5.41, 5.74) is -0.157. The molecule has 0 aliphatic rings. The van der Waals surface area contributed by atoms with Gasteiger partial charge < -0.3 is 10.2 Å². The number of rotatable bonds is 7. The number of benzene rings is 1. The number of halogens is 2. The first-order valence-electron chi connectivity index (χ1n) is 7.43. The lowest BCUT2D eigenvalue weighted by atomic mass is 10.1. The molecule has 0 heterocycles. The summed E-state index contributed by atoms with van der Waals surface area (Å²) in [6.45, 7) is 6.58. The summed E-state index contributed by atoms with van der Waals surface area (Å²) in [4.78, 5) is 14.2. The first kappa shape index (κ1) is 17.4. The average Bonchev–Trinajstić information content (AvgIpc) is 2.46. The molecule has 1 aromatic rings. The molecule has 0 aliphatic carbocycles. The Morgan fingerprint density at radius 2 is 1.86 bits per heavy atom. The highest BCUT2D eigenvalue weighted by Gasteiger charge is 2.22. The second kappa shape index (κ2) is 7.96. The fraction of sp³-hybridized carbons (Fsp3) is 0.562. The Morgan fingerprint density at radius 3 is 2.29 bits per heavy atom. The molecular weight excluding hydrogens is 274 g/mol. The third kappa shape index (κ3) is 4.16. The molecule has 0 saturated carbocycles. The minimum atomic E-state index is -0.750. The van der Waals surface area contributed by atoms with E-state index in [2.05, 4.69) is 5.32 Å². The molecule has 0 bridgehead atoms. The number of unbranched alkanes of at least 4 members (excludes halogenated alkanes) is 1. The third-order valence-electron chi connectivity index (χ3n) is 3.68. The molecule has 0 spiro atoms. The minimum Gasteiger partial charge on any atom is -0.383 e. The van der Waals surface area contributed by atoms with E-state index in [-0.39, 0.29) is 23.2 Å². The Hall–Kier alpha value is -1.65. The summed E-state index contributed by atoms with van der Waals surface area (Å²) in [5.74, 6) is -1.82. The zero-order valence-corrected chi connectivity index (χ0v) is 13.2. The van der Waals surface area contributed by atoms with Crippen molar-refractivity contribution in [2.45, 2.75) is 46.1 Å². The number of amides is 1.